The van der Waals surface area contributed by atoms with E-state index in [2.05, 4.69) is 4.98 Å². The molecule has 0 amide bonds. The molecule has 0 aliphatic rings. The monoisotopic (exact) mass is 237 g/mol. The number of fused-ring (bicyclic) bond motifs is 1. The Morgan fingerprint density at radius 3 is 2.59 bits per heavy atom. The summed E-state index contributed by atoms with van der Waals surface area (Å²) in [6, 6.07) is 0. The molecule has 0 radical (unpaired) electrons. The number of H-pyrrole nitrogens is 1. The molecule has 0 aliphatic heterocycles. The van der Waals surface area contributed by atoms with Crippen LogP contribution in [0.5, 0.6) is 0 Å². The molecule has 0 unspecified atom stereocenters. The van der Waals surface area contributed by atoms with Gasteiger partial charge in [-0.25, -0.2) is 4.79 Å². The smallest absolute Gasteiger partial charge is 0.332 e. The molecule has 2 rings (SSSR count). The van der Waals surface area contributed by atoms with Crippen LogP contribution in [0.15, 0.2) is 15.8 Å². The van der Waals surface area contributed by atoms with Crippen LogP contribution in [0.1, 0.15) is 5.56 Å². The minimum absolute atomic E-state index is 0.247. The number of hydrogen-bond acceptors (Lipinski definition) is 3. The van der Waals surface area contributed by atoms with Crippen LogP contribution in [0, 0.1) is 0 Å². The second-order valence-corrected chi connectivity index (χ2v) is 3.81. The van der Waals surface area contributed by atoms with Gasteiger partial charge in [0.15, 0.2) is 0 Å². The Hall–Kier alpha value is -2.31. The Morgan fingerprint density at radius 1 is 1.35 bits per heavy atom. The fourth-order valence-corrected chi connectivity index (χ4v) is 1.83. The molecule has 17 heavy (non-hydrogen) atoms. The highest BCUT2D eigenvalue weighted by atomic mass is 16.4. The zero-order chi connectivity index (χ0) is 12.7. The fraction of sp³-hybridized carbons (Fsp3) is 0.300. The Morgan fingerprint density at radius 2 is 2.00 bits per heavy atom. The lowest BCUT2D eigenvalue weighted by Crippen LogP contribution is -2.37. The van der Waals surface area contributed by atoms with E-state index in [9.17, 15) is 14.4 Å². The number of nitrogens with zero attached hydrogens (tertiary/aromatic N) is 2. The molecule has 2 aromatic heterocycles. The summed E-state index contributed by atoms with van der Waals surface area (Å²) in [4.78, 5) is 37.0. The van der Waals surface area contributed by atoms with Gasteiger partial charge in [-0.3, -0.25) is 18.7 Å². The van der Waals surface area contributed by atoms with Crippen molar-refractivity contribution < 1.29 is 9.90 Å². The molecule has 2 heterocycles. The Bertz CT molecular complexity index is 719. The van der Waals surface area contributed by atoms with Gasteiger partial charge in [-0.2, -0.15) is 0 Å². The Labute approximate surface area is 94.9 Å². The molecule has 0 aromatic carbocycles. The van der Waals surface area contributed by atoms with Gasteiger partial charge in [-0.15, -0.1) is 0 Å². The van der Waals surface area contributed by atoms with Gasteiger partial charge in [0.25, 0.3) is 5.56 Å². The van der Waals surface area contributed by atoms with Crippen molar-refractivity contribution in [3.63, 3.8) is 0 Å². The molecule has 2 N–H and O–H groups in total. The SMILES string of the molecule is Cn1c(=O)c2c(CC(=O)O)c[nH]c2n(C)c1=O. The van der Waals surface area contributed by atoms with Gasteiger partial charge >= 0.3 is 11.7 Å². The highest BCUT2D eigenvalue weighted by Crippen LogP contribution is 2.12. The molecule has 0 aliphatic carbocycles. The third-order valence-corrected chi connectivity index (χ3v) is 2.71. The Kier molecular flexibility index (Phi) is 2.38. The van der Waals surface area contributed by atoms with Crippen LogP contribution in [0.4, 0.5) is 0 Å². The number of carboxylic acids is 1. The number of hydrogen-bond donors (Lipinski definition) is 2. The zero-order valence-corrected chi connectivity index (χ0v) is 9.35. The number of aromatic nitrogens is 3. The third kappa shape index (κ3) is 1.55. The van der Waals surface area contributed by atoms with Crippen LogP contribution in [-0.2, 0) is 25.3 Å². The first-order valence-corrected chi connectivity index (χ1v) is 4.91. The molecule has 7 nitrogen and oxygen atoms in total. The van der Waals surface area contributed by atoms with Crippen LogP contribution in [0.25, 0.3) is 11.0 Å². The first kappa shape index (κ1) is 11.2. The van der Waals surface area contributed by atoms with E-state index in [0.29, 0.717) is 11.2 Å². The number of carbonyl (C=O) groups is 1. The van der Waals surface area contributed by atoms with Crippen LogP contribution in [-0.4, -0.2) is 25.2 Å². The third-order valence-electron chi connectivity index (χ3n) is 2.71. The zero-order valence-electron chi connectivity index (χ0n) is 9.35. The van der Waals surface area contributed by atoms with Gasteiger partial charge in [0.05, 0.1) is 11.8 Å². The normalized spacial score (nSPS) is 10.9. The largest absolute Gasteiger partial charge is 0.481 e. The molecular weight excluding hydrogens is 226 g/mol. The summed E-state index contributed by atoms with van der Waals surface area (Å²) < 4.78 is 2.24. The van der Waals surface area contributed by atoms with Gasteiger partial charge in [0.1, 0.15) is 5.65 Å². The van der Waals surface area contributed by atoms with E-state index in [1.54, 1.807) is 0 Å². The van der Waals surface area contributed by atoms with Gasteiger partial charge in [0, 0.05) is 20.3 Å². The summed E-state index contributed by atoms with van der Waals surface area (Å²) in [6.45, 7) is 0. The van der Waals surface area contributed by atoms with Gasteiger partial charge in [-0.05, 0) is 5.56 Å². The molecule has 2 aromatic rings. The molecule has 0 atom stereocenters. The quantitative estimate of drug-likeness (QED) is 0.714. The minimum atomic E-state index is -1.03. The first-order valence-electron chi connectivity index (χ1n) is 4.91. The molecule has 0 saturated heterocycles. The lowest BCUT2D eigenvalue weighted by molar-refractivity contribution is -0.136. The maximum absolute atomic E-state index is 11.9. The highest BCUT2D eigenvalue weighted by Gasteiger charge is 2.15. The average molecular weight is 237 g/mol. The van der Waals surface area contributed by atoms with E-state index in [-0.39, 0.29) is 11.8 Å². The van der Waals surface area contributed by atoms with Crippen molar-refractivity contribution >= 4 is 17.0 Å². The number of rotatable bonds is 2. The van der Waals surface area contributed by atoms with E-state index in [1.165, 1.54) is 24.9 Å². The van der Waals surface area contributed by atoms with Crippen LogP contribution < -0.4 is 11.2 Å². The number of aromatic amines is 1. The number of nitrogens with one attached hydrogen (secondary N) is 1. The van der Waals surface area contributed by atoms with Crippen molar-refractivity contribution in [2.45, 2.75) is 6.42 Å². The number of carboxylic acid groups (broad SMARTS) is 1. The summed E-state index contributed by atoms with van der Waals surface area (Å²) >= 11 is 0. The summed E-state index contributed by atoms with van der Waals surface area (Å²) in [7, 11) is 2.88. The number of aliphatic carboxylic acids is 1. The molecule has 0 fully saturated rings. The summed E-state index contributed by atoms with van der Waals surface area (Å²) in [5.41, 5.74) is -0.218. The fourth-order valence-electron chi connectivity index (χ4n) is 1.83. The van der Waals surface area contributed by atoms with Crippen molar-refractivity contribution in [1.82, 2.24) is 14.1 Å². The van der Waals surface area contributed by atoms with Gasteiger partial charge in [-0.1, -0.05) is 0 Å². The van der Waals surface area contributed by atoms with Gasteiger partial charge < -0.3 is 10.1 Å². The number of aryl methyl sites for hydroxylation is 1. The molecule has 0 spiro atoms. The van der Waals surface area contributed by atoms with Crippen molar-refractivity contribution in [1.29, 1.82) is 0 Å². The lowest BCUT2D eigenvalue weighted by atomic mass is 10.2. The summed E-state index contributed by atoms with van der Waals surface area (Å²) in [5.74, 6) is -1.03. The van der Waals surface area contributed by atoms with Gasteiger partial charge in [0.2, 0.25) is 0 Å². The molecule has 0 bridgehead atoms. The van der Waals surface area contributed by atoms with E-state index in [0.717, 1.165) is 4.57 Å². The van der Waals surface area contributed by atoms with Crippen molar-refractivity contribution in [3.05, 3.63) is 32.6 Å². The second-order valence-electron chi connectivity index (χ2n) is 3.81. The standard InChI is InChI=1S/C10H11N3O4/c1-12-8-7(9(16)13(2)10(12)17)5(4-11-8)3-6(14)15/h4,11H,3H2,1-2H3,(H,14,15). The molecule has 0 saturated carbocycles. The maximum atomic E-state index is 11.9. The first-order chi connectivity index (χ1) is 7.93. The van der Waals surface area contributed by atoms with E-state index >= 15 is 0 Å². The Balaban J connectivity index is 2.90. The van der Waals surface area contributed by atoms with Crippen LogP contribution in [0.2, 0.25) is 0 Å². The average Bonchev–Trinajstić information content (AvgIpc) is 2.66. The predicted octanol–water partition coefficient (Wildman–Crippen LogP) is -0.808. The van der Waals surface area contributed by atoms with E-state index in [4.69, 9.17) is 5.11 Å². The summed E-state index contributed by atoms with van der Waals surface area (Å²) in [5, 5.41) is 8.98. The van der Waals surface area contributed by atoms with E-state index in [1.807, 2.05) is 0 Å². The second kappa shape index (κ2) is 3.62. The van der Waals surface area contributed by atoms with Crippen LogP contribution in [0.3, 0.4) is 0 Å². The molecule has 7 heteroatoms. The highest BCUT2D eigenvalue weighted by molar-refractivity contribution is 5.84. The maximum Gasteiger partial charge on any atom is 0.332 e. The lowest BCUT2D eigenvalue weighted by Gasteiger charge is -2.03. The summed E-state index contributed by atoms with van der Waals surface area (Å²) in [6.07, 6.45) is 1.19. The topological polar surface area (TPSA) is 97.1 Å². The molecule has 90 valence electrons. The molecular formula is C10H11N3O4. The predicted molar refractivity (Wildman–Crippen MR) is 60.1 cm³/mol. The van der Waals surface area contributed by atoms with Crippen molar-refractivity contribution in [3.8, 4) is 0 Å². The van der Waals surface area contributed by atoms with Crippen molar-refractivity contribution in [2.75, 3.05) is 0 Å². The van der Waals surface area contributed by atoms with Crippen LogP contribution >= 0.6 is 0 Å². The van der Waals surface area contributed by atoms with Crippen molar-refractivity contribution in [2.24, 2.45) is 14.1 Å². The minimum Gasteiger partial charge on any atom is -0.481 e. The van der Waals surface area contributed by atoms with E-state index < -0.39 is 17.2 Å².